The first-order chi connectivity index (χ1) is 7.36. The van der Waals surface area contributed by atoms with Crippen LogP contribution in [0.25, 0.3) is 0 Å². The molecular formula is C11H17N3O. The zero-order chi connectivity index (χ0) is 10.3. The Balaban J connectivity index is 2.03. The van der Waals surface area contributed by atoms with Crippen molar-refractivity contribution in [1.29, 1.82) is 0 Å². The molecule has 0 radical (unpaired) electrons. The standard InChI is InChI=1S/C11H17N3O/c15-11-9-5-6-12-7-10(9)14(13-11)8-3-1-2-4-8/h8,12H,1-7H2,(H,13,15). The summed E-state index contributed by atoms with van der Waals surface area (Å²) < 4.78 is 2.14. The topological polar surface area (TPSA) is 49.8 Å². The summed E-state index contributed by atoms with van der Waals surface area (Å²) in [7, 11) is 0. The quantitative estimate of drug-likeness (QED) is 0.720. The van der Waals surface area contributed by atoms with Crippen molar-refractivity contribution < 1.29 is 0 Å². The highest BCUT2D eigenvalue weighted by Crippen LogP contribution is 2.30. The third-order valence-corrected chi connectivity index (χ3v) is 3.67. The van der Waals surface area contributed by atoms with Gasteiger partial charge in [0.2, 0.25) is 0 Å². The third kappa shape index (κ3) is 1.44. The lowest BCUT2D eigenvalue weighted by atomic mass is 10.1. The van der Waals surface area contributed by atoms with Gasteiger partial charge in [-0.2, -0.15) is 0 Å². The molecular weight excluding hydrogens is 190 g/mol. The number of hydrogen-bond donors (Lipinski definition) is 2. The molecule has 2 N–H and O–H groups in total. The lowest BCUT2D eigenvalue weighted by molar-refractivity contribution is 0.435. The fourth-order valence-corrected chi connectivity index (χ4v) is 2.86. The maximum Gasteiger partial charge on any atom is 0.267 e. The maximum absolute atomic E-state index is 11.7. The molecule has 1 aliphatic carbocycles. The molecule has 0 saturated heterocycles. The molecule has 82 valence electrons. The van der Waals surface area contributed by atoms with E-state index in [0.717, 1.165) is 25.1 Å². The van der Waals surface area contributed by atoms with Crippen LogP contribution in [0.15, 0.2) is 4.79 Å². The maximum atomic E-state index is 11.7. The number of aromatic nitrogens is 2. The van der Waals surface area contributed by atoms with Crippen LogP contribution in [0.1, 0.15) is 43.0 Å². The van der Waals surface area contributed by atoms with Gasteiger partial charge in [0.15, 0.2) is 0 Å². The molecule has 2 aliphatic rings. The monoisotopic (exact) mass is 207 g/mol. The third-order valence-electron chi connectivity index (χ3n) is 3.67. The van der Waals surface area contributed by atoms with Crippen LogP contribution in [-0.2, 0) is 13.0 Å². The Labute approximate surface area is 88.7 Å². The molecule has 4 nitrogen and oxygen atoms in total. The van der Waals surface area contributed by atoms with Gasteiger partial charge in [-0.05, 0) is 25.8 Å². The predicted molar refractivity (Wildman–Crippen MR) is 58.0 cm³/mol. The molecule has 1 fully saturated rings. The number of nitrogens with zero attached hydrogens (tertiary/aromatic N) is 1. The smallest absolute Gasteiger partial charge is 0.267 e. The first-order valence-electron chi connectivity index (χ1n) is 5.89. The van der Waals surface area contributed by atoms with Gasteiger partial charge < -0.3 is 5.32 Å². The number of aromatic amines is 1. The summed E-state index contributed by atoms with van der Waals surface area (Å²) in [6, 6.07) is 0.543. The second kappa shape index (κ2) is 3.52. The average molecular weight is 207 g/mol. The summed E-state index contributed by atoms with van der Waals surface area (Å²) in [6.45, 7) is 1.79. The fraction of sp³-hybridized carbons (Fsp3) is 0.727. The second-order valence-electron chi connectivity index (χ2n) is 4.60. The molecule has 15 heavy (non-hydrogen) atoms. The van der Waals surface area contributed by atoms with Crippen molar-refractivity contribution in [2.24, 2.45) is 0 Å². The van der Waals surface area contributed by atoms with Gasteiger partial charge in [-0.15, -0.1) is 0 Å². The zero-order valence-electron chi connectivity index (χ0n) is 8.88. The van der Waals surface area contributed by atoms with Crippen molar-refractivity contribution in [3.05, 3.63) is 21.6 Å². The van der Waals surface area contributed by atoms with E-state index in [1.54, 1.807) is 0 Å². The Bertz CT molecular complexity index is 412. The van der Waals surface area contributed by atoms with Crippen molar-refractivity contribution in [2.45, 2.75) is 44.7 Å². The number of fused-ring (bicyclic) bond motifs is 1. The number of nitrogens with one attached hydrogen (secondary N) is 2. The lowest BCUT2D eigenvalue weighted by Crippen LogP contribution is -2.27. The Hall–Kier alpha value is -1.03. The van der Waals surface area contributed by atoms with Gasteiger partial charge in [0.1, 0.15) is 0 Å². The molecule has 0 atom stereocenters. The van der Waals surface area contributed by atoms with Crippen molar-refractivity contribution in [1.82, 2.24) is 15.1 Å². The minimum atomic E-state index is 0.137. The van der Waals surface area contributed by atoms with Crippen molar-refractivity contribution >= 4 is 0 Å². The predicted octanol–water partition coefficient (Wildman–Crippen LogP) is 0.937. The van der Waals surface area contributed by atoms with E-state index >= 15 is 0 Å². The minimum Gasteiger partial charge on any atom is -0.311 e. The van der Waals surface area contributed by atoms with Gasteiger partial charge in [-0.25, -0.2) is 0 Å². The van der Waals surface area contributed by atoms with Crippen LogP contribution in [0.5, 0.6) is 0 Å². The summed E-state index contributed by atoms with van der Waals surface area (Å²) in [5.41, 5.74) is 2.36. The summed E-state index contributed by atoms with van der Waals surface area (Å²) >= 11 is 0. The fourth-order valence-electron chi connectivity index (χ4n) is 2.86. The largest absolute Gasteiger partial charge is 0.311 e. The molecule has 0 bridgehead atoms. The van der Waals surface area contributed by atoms with Gasteiger partial charge in [0.25, 0.3) is 5.56 Å². The second-order valence-corrected chi connectivity index (χ2v) is 4.60. The number of rotatable bonds is 1. The number of H-pyrrole nitrogens is 1. The first-order valence-corrected chi connectivity index (χ1v) is 5.89. The Morgan fingerprint density at radius 1 is 1.27 bits per heavy atom. The van der Waals surface area contributed by atoms with Gasteiger partial charge >= 0.3 is 0 Å². The van der Waals surface area contributed by atoms with Crippen LogP contribution in [-0.4, -0.2) is 16.3 Å². The Morgan fingerprint density at radius 2 is 2.07 bits per heavy atom. The van der Waals surface area contributed by atoms with Gasteiger partial charge in [-0.3, -0.25) is 14.6 Å². The Morgan fingerprint density at radius 3 is 2.87 bits per heavy atom. The van der Waals surface area contributed by atoms with E-state index in [1.807, 2.05) is 0 Å². The molecule has 0 spiro atoms. The molecule has 1 aliphatic heterocycles. The summed E-state index contributed by atoms with van der Waals surface area (Å²) in [6.07, 6.45) is 5.92. The molecule has 0 aromatic carbocycles. The summed E-state index contributed by atoms with van der Waals surface area (Å²) in [5, 5.41) is 6.36. The van der Waals surface area contributed by atoms with E-state index in [0.29, 0.717) is 6.04 Å². The molecule has 1 saturated carbocycles. The van der Waals surface area contributed by atoms with Crippen LogP contribution >= 0.6 is 0 Å². The van der Waals surface area contributed by atoms with E-state index in [1.165, 1.54) is 31.4 Å². The normalized spacial score (nSPS) is 21.9. The molecule has 4 heteroatoms. The minimum absolute atomic E-state index is 0.137. The van der Waals surface area contributed by atoms with E-state index in [4.69, 9.17) is 0 Å². The van der Waals surface area contributed by atoms with Crippen LogP contribution in [0.2, 0.25) is 0 Å². The van der Waals surface area contributed by atoms with Crippen LogP contribution in [0.3, 0.4) is 0 Å². The highest BCUT2D eigenvalue weighted by Gasteiger charge is 2.24. The lowest BCUT2D eigenvalue weighted by Gasteiger charge is -2.19. The summed E-state index contributed by atoms with van der Waals surface area (Å²) in [5.74, 6) is 0. The van der Waals surface area contributed by atoms with Gasteiger partial charge in [-0.1, -0.05) is 12.8 Å². The molecule has 0 amide bonds. The molecule has 3 rings (SSSR count). The van der Waals surface area contributed by atoms with E-state index < -0.39 is 0 Å². The van der Waals surface area contributed by atoms with Gasteiger partial charge in [0, 0.05) is 12.1 Å². The van der Waals surface area contributed by atoms with Crippen molar-refractivity contribution in [3.8, 4) is 0 Å². The van der Waals surface area contributed by atoms with Crippen molar-refractivity contribution in [2.75, 3.05) is 6.54 Å². The van der Waals surface area contributed by atoms with E-state index in [9.17, 15) is 4.79 Å². The molecule has 1 aromatic heterocycles. The number of hydrogen-bond acceptors (Lipinski definition) is 2. The SMILES string of the molecule is O=c1[nH]n(C2CCCC2)c2c1CCNC2. The van der Waals surface area contributed by atoms with Crippen molar-refractivity contribution in [3.63, 3.8) is 0 Å². The van der Waals surface area contributed by atoms with Crippen LogP contribution in [0.4, 0.5) is 0 Å². The average Bonchev–Trinajstić information content (AvgIpc) is 2.87. The zero-order valence-corrected chi connectivity index (χ0v) is 8.88. The van der Waals surface area contributed by atoms with E-state index in [2.05, 4.69) is 15.1 Å². The van der Waals surface area contributed by atoms with E-state index in [-0.39, 0.29) is 5.56 Å². The highest BCUT2D eigenvalue weighted by molar-refractivity contribution is 5.21. The van der Waals surface area contributed by atoms with Crippen LogP contribution < -0.4 is 10.9 Å². The molecule has 1 aromatic rings. The molecule has 0 unspecified atom stereocenters. The van der Waals surface area contributed by atoms with Gasteiger partial charge in [0.05, 0.1) is 11.7 Å². The molecule has 2 heterocycles. The first kappa shape index (κ1) is 9.21. The highest BCUT2D eigenvalue weighted by atomic mass is 16.1. The Kier molecular flexibility index (Phi) is 2.16. The van der Waals surface area contributed by atoms with Crippen LogP contribution in [0, 0.1) is 0 Å². The summed E-state index contributed by atoms with van der Waals surface area (Å²) in [4.78, 5) is 11.7.